The summed E-state index contributed by atoms with van der Waals surface area (Å²) < 4.78 is 1.46. The van der Waals surface area contributed by atoms with Crippen molar-refractivity contribution in [2.24, 2.45) is 0 Å². The van der Waals surface area contributed by atoms with Gasteiger partial charge in [-0.25, -0.2) is 4.68 Å². The number of hydrogen-bond donors (Lipinski definition) is 1. The van der Waals surface area contributed by atoms with Crippen molar-refractivity contribution in [2.75, 3.05) is 5.73 Å². The van der Waals surface area contributed by atoms with Crippen molar-refractivity contribution in [1.82, 2.24) is 14.8 Å². The van der Waals surface area contributed by atoms with Crippen LogP contribution < -0.4 is 5.73 Å². The van der Waals surface area contributed by atoms with Crippen LogP contribution in [0, 0.1) is 24.0 Å². The molecule has 2 aromatic rings. The molecule has 7 heteroatoms. The molecule has 0 bridgehead atoms. The highest BCUT2D eigenvalue weighted by molar-refractivity contribution is 5.57. The minimum absolute atomic E-state index is 0.0150. The van der Waals surface area contributed by atoms with Gasteiger partial charge in [0.15, 0.2) is 0 Å². The summed E-state index contributed by atoms with van der Waals surface area (Å²) in [5.74, 6) is 0. The van der Waals surface area contributed by atoms with Crippen molar-refractivity contribution in [2.45, 2.75) is 13.8 Å². The van der Waals surface area contributed by atoms with Gasteiger partial charge in [0.05, 0.1) is 22.5 Å². The highest BCUT2D eigenvalue weighted by atomic mass is 16.6. The van der Waals surface area contributed by atoms with Crippen LogP contribution in [-0.2, 0) is 0 Å². The summed E-state index contributed by atoms with van der Waals surface area (Å²) in [6, 6.07) is 1.67. The number of aryl methyl sites for hydroxylation is 1. The van der Waals surface area contributed by atoms with Crippen LogP contribution in [-0.4, -0.2) is 19.7 Å². The minimum Gasteiger partial charge on any atom is -0.396 e. The number of hydrogen-bond acceptors (Lipinski definition) is 5. The molecule has 0 radical (unpaired) electrons. The van der Waals surface area contributed by atoms with E-state index in [-0.39, 0.29) is 5.69 Å². The Morgan fingerprint density at radius 2 is 2.18 bits per heavy atom. The van der Waals surface area contributed by atoms with Crippen molar-refractivity contribution in [3.05, 3.63) is 40.0 Å². The van der Waals surface area contributed by atoms with E-state index in [1.807, 2.05) is 0 Å². The molecule has 0 amide bonds. The molecule has 2 heterocycles. The number of anilines is 1. The highest BCUT2D eigenvalue weighted by Crippen LogP contribution is 2.26. The molecule has 0 saturated heterocycles. The maximum absolute atomic E-state index is 10.9. The molecule has 7 nitrogen and oxygen atoms in total. The van der Waals surface area contributed by atoms with Crippen molar-refractivity contribution < 1.29 is 4.92 Å². The van der Waals surface area contributed by atoms with E-state index in [1.165, 1.54) is 10.9 Å². The van der Waals surface area contributed by atoms with Crippen molar-refractivity contribution in [3.8, 4) is 5.69 Å². The Hall–Kier alpha value is -2.44. The van der Waals surface area contributed by atoms with Crippen LogP contribution in [0.1, 0.15) is 11.4 Å². The predicted octanol–water partition coefficient (Wildman–Crippen LogP) is 1.37. The van der Waals surface area contributed by atoms with E-state index in [9.17, 15) is 10.1 Å². The fourth-order valence-electron chi connectivity index (χ4n) is 1.73. The van der Waals surface area contributed by atoms with Gasteiger partial charge in [-0.2, -0.15) is 5.10 Å². The van der Waals surface area contributed by atoms with E-state index in [0.717, 1.165) is 0 Å². The summed E-state index contributed by atoms with van der Waals surface area (Å²) >= 11 is 0. The molecule has 0 fully saturated rings. The Bertz CT molecular complexity index is 590. The lowest BCUT2D eigenvalue weighted by Gasteiger charge is -2.05. The molecule has 0 aliphatic carbocycles. The minimum atomic E-state index is -0.439. The summed E-state index contributed by atoms with van der Waals surface area (Å²) in [5, 5.41) is 15.0. The summed E-state index contributed by atoms with van der Waals surface area (Å²) in [5.41, 5.74) is 7.61. The molecule has 0 saturated carbocycles. The third kappa shape index (κ3) is 1.71. The fraction of sp³-hybridized carbons (Fsp3) is 0.200. The molecular weight excluding hydrogens is 222 g/mol. The SMILES string of the molecule is Cc1nn(-c2ccncc2N)c(C)c1[N+](=O)[O-]. The van der Waals surface area contributed by atoms with Crippen LogP contribution in [0.3, 0.4) is 0 Å². The zero-order valence-electron chi connectivity index (χ0n) is 9.41. The van der Waals surface area contributed by atoms with Gasteiger partial charge in [0, 0.05) is 6.20 Å². The summed E-state index contributed by atoms with van der Waals surface area (Å²) in [6.07, 6.45) is 3.05. The van der Waals surface area contributed by atoms with Gasteiger partial charge >= 0.3 is 5.69 Å². The molecule has 2 rings (SSSR count). The fourth-order valence-corrected chi connectivity index (χ4v) is 1.73. The van der Waals surface area contributed by atoms with E-state index >= 15 is 0 Å². The van der Waals surface area contributed by atoms with Gasteiger partial charge in [-0.05, 0) is 19.9 Å². The lowest BCUT2D eigenvalue weighted by atomic mass is 10.3. The molecule has 2 N–H and O–H groups in total. The normalized spacial score (nSPS) is 10.5. The molecule has 88 valence electrons. The first-order valence-corrected chi connectivity index (χ1v) is 4.93. The van der Waals surface area contributed by atoms with E-state index in [1.54, 1.807) is 26.1 Å². The molecule has 0 aromatic carbocycles. The topological polar surface area (TPSA) is 99.9 Å². The molecule has 0 unspecified atom stereocenters. The molecule has 0 aliphatic heterocycles. The van der Waals surface area contributed by atoms with Gasteiger partial charge in [-0.3, -0.25) is 15.1 Å². The highest BCUT2D eigenvalue weighted by Gasteiger charge is 2.23. The molecule has 0 aliphatic rings. The second-order valence-electron chi connectivity index (χ2n) is 3.62. The predicted molar refractivity (Wildman–Crippen MR) is 61.9 cm³/mol. The maximum Gasteiger partial charge on any atom is 0.313 e. The van der Waals surface area contributed by atoms with Gasteiger partial charge in [0.2, 0.25) is 0 Å². The number of nitrogens with zero attached hydrogens (tertiary/aromatic N) is 4. The monoisotopic (exact) mass is 233 g/mol. The summed E-state index contributed by atoms with van der Waals surface area (Å²) in [4.78, 5) is 14.3. The van der Waals surface area contributed by atoms with Gasteiger partial charge < -0.3 is 5.73 Å². The van der Waals surface area contributed by atoms with E-state index in [4.69, 9.17) is 5.73 Å². The van der Waals surface area contributed by atoms with Crippen molar-refractivity contribution >= 4 is 11.4 Å². The van der Waals surface area contributed by atoms with Crippen molar-refractivity contribution in [1.29, 1.82) is 0 Å². The number of nitrogens with two attached hydrogens (primary N) is 1. The Balaban J connectivity index is 2.66. The van der Waals surface area contributed by atoms with E-state index < -0.39 is 4.92 Å². The molecule has 17 heavy (non-hydrogen) atoms. The maximum atomic E-state index is 10.9. The van der Waals surface area contributed by atoms with Gasteiger partial charge in [-0.15, -0.1) is 0 Å². The summed E-state index contributed by atoms with van der Waals surface area (Å²) in [7, 11) is 0. The zero-order chi connectivity index (χ0) is 12.6. The second kappa shape index (κ2) is 3.85. The standard InChI is InChI=1S/C10H11N5O2/c1-6-10(15(16)17)7(2)14(13-6)9-3-4-12-5-8(9)11/h3-5H,11H2,1-2H3. The van der Waals surface area contributed by atoms with Gasteiger partial charge in [-0.1, -0.05) is 0 Å². The number of nitrogen functional groups attached to an aromatic ring is 1. The first-order chi connectivity index (χ1) is 8.02. The van der Waals surface area contributed by atoms with Gasteiger partial charge in [0.25, 0.3) is 0 Å². The van der Waals surface area contributed by atoms with Crippen LogP contribution >= 0.6 is 0 Å². The van der Waals surface area contributed by atoms with Crippen LogP contribution in [0.15, 0.2) is 18.5 Å². The average molecular weight is 233 g/mol. The van der Waals surface area contributed by atoms with Crippen LogP contribution in [0.5, 0.6) is 0 Å². The molecular formula is C10H11N5O2. The second-order valence-corrected chi connectivity index (χ2v) is 3.62. The third-order valence-electron chi connectivity index (χ3n) is 2.49. The quantitative estimate of drug-likeness (QED) is 0.623. The first-order valence-electron chi connectivity index (χ1n) is 4.93. The first kappa shape index (κ1) is 11.1. The Morgan fingerprint density at radius 1 is 1.47 bits per heavy atom. The zero-order valence-corrected chi connectivity index (χ0v) is 9.41. The van der Waals surface area contributed by atoms with Crippen molar-refractivity contribution in [3.63, 3.8) is 0 Å². The van der Waals surface area contributed by atoms with Crippen LogP contribution in [0.4, 0.5) is 11.4 Å². The lowest BCUT2D eigenvalue weighted by molar-refractivity contribution is -0.386. The van der Waals surface area contributed by atoms with E-state index in [0.29, 0.717) is 22.8 Å². The number of nitro groups is 1. The Kier molecular flexibility index (Phi) is 2.51. The number of pyridine rings is 1. The van der Waals surface area contributed by atoms with Crippen LogP contribution in [0.25, 0.3) is 5.69 Å². The average Bonchev–Trinajstić information content (AvgIpc) is 2.55. The summed E-state index contributed by atoms with van der Waals surface area (Å²) in [6.45, 7) is 3.23. The number of rotatable bonds is 2. The largest absolute Gasteiger partial charge is 0.396 e. The molecule has 2 aromatic heterocycles. The third-order valence-corrected chi connectivity index (χ3v) is 2.49. The van der Waals surface area contributed by atoms with Crippen LogP contribution in [0.2, 0.25) is 0 Å². The Labute approximate surface area is 97.0 Å². The molecule has 0 spiro atoms. The molecule has 0 atom stereocenters. The smallest absolute Gasteiger partial charge is 0.313 e. The number of aromatic nitrogens is 3. The van der Waals surface area contributed by atoms with E-state index in [2.05, 4.69) is 10.1 Å². The van der Waals surface area contributed by atoms with Gasteiger partial charge in [0.1, 0.15) is 11.4 Å². The lowest BCUT2D eigenvalue weighted by Crippen LogP contribution is -2.04. The Morgan fingerprint density at radius 3 is 2.71 bits per heavy atom.